The predicted molar refractivity (Wildman–Crippen MR) is 38.0 cm³/mol. The molecule has 0 aliphatic rings. The monoisotopic (exact) mass is 519 g/mol. The molecule has 0 heterocycles. The average molecular weight is 518 g/mol. The van der Waals surface area contributed by atoms with Gasteiger partial charge in [-0.3, -0.25) is 0 Å². The summed E-state index contributed by atoms with van der Waals surface area (Å²) in [7, 11) is 0. The maximum Gasteiger partial charge on any atom is 0.0452 e. The van der Waals surface area contributed by atoms with Crippen LogP contribution in [0.3, 0.4) is 0 Å². The first-order valence-corrected chi connectivity index (χ1v) is 2.99. The van der Waals surface area contributed by atoms with E-state index in [4.69, 9.17) is 15.9 Å². The zero-order valence-corrected chi connectivity index (χ0v) is 11.1. The van der Waals surface area contributed by atoms with E-state index in [1.165, 1.54) is 0 Å². The summed E-state index contributed by atoms with van der Waals surface area (Å²) in [6.45, 7) is 4.06. The van der Waals surface area contributed by atoms with Crippen LogP contribution in [0.5, 0.6) is 0 Å². The van der Waals surface area contributed by atoms with Crippen molar-refractivity contribution in [2.24, 2.45) is 0 Å². The van der Waals surface area contributed by atoms with Crippen LogP contribution in [0.2, 0.25) is 0 Å². The first kappa shape index (κ1) is 22.8. The van der Waals surface area contributed by atoms with Crippen LogP contribution in [0.1, 0.15) is 12.8 Å². The summed E-state index contributed by atoms with van der Waals surface area (Å²) in [6, 6.07) is 0. The third-order valence-corrected chi connectivity index (χ3v) is 0.493. The van der Waals surface area contributed by atoms with E-state index in [-0.39, 0.29) is 53.4 Å². The molecule has 0 rings (SSSR count). The molecule has 0 aliphatic carbocycles. The van der Waals surface area contributed by atoms with E-state index in [9.17, 15) is 0 Å². The maximum absolute atomic E-state index is 7.91. The third-order valence-electron chi connectivity index (χ3n) is 0.493. The van der Waals surface area contributed by atoms with Crippen molar-refractivity contribution in [3.63, 3.8) is 0 Å². The fraction of sp³-hybridized carbons (Fsp3) is 0.833. The Kier molecular flexibility index (Phi) is 62.7. The summed E-state index contributed by atoms with van der Waals surface area (Å²) >= 11 is 0. The molecule has 0 aromatic carbocycles. The van der Waals surface area contributed by atoms with Gasteiger partial charge in [0, 0.05) is 53.4 Å². The van der Waals surface area contributed by atoms with Gasteiger partial charge in [-0.1, -0.05) is 0 Å². The van der Waals surface area contributed by atoms with Crippen LogP contribution in [0, 0.1) is 6.92 Å². The predicted octanol–water partition coefficient (Wildman–Crippen LogP) is 0.619. The molecule has 0 saturated heterocycles. The van der Waals surface area contributed by atoms with Crippen LogP contribution in [-0.4, -0.2) is 30.0 Å². The van der Waals surface area contributed by atoms with Gasteiger partial charge in [-0.2, -0.15) is 6.54 Å². The van der Waals surface area contributed by atoms with Gasteiger partial charge in [-0.05, 0) is 6.42 Å². The van der Waals surface area contributed by atoms with Gasteiger partial charge in [0.15, 0.2) is 0 Å². The van der Waals surface area contributed by atoms with Crippen molar-refractivity contribution >= 4 is 0 Å². The van der Waals surface area contributed by atoms with Gasteiger partial charge in [0.25, 0.3) is 0 Å². The van der Waals surface area contributed by atoms with Crippen molar-refractivity contribution < 1.29 is 50.4 Å². The molecule has 0 unspecified atom stereocenters. The molecule has 0 aliphatic heterocycles. The molecular weight excluding hydrogens is 503 g/mol. The van der Waals surface area contributed by atoms with E-state index in [0.717, 1.165) is 6.42 Å². The summed E-state index contributed by atoms with van der Waals surface area (Å²) < 4.78 is 0. The van der Waals surface area contributed by atoms with Crippen LogP contribution in [-0.2, 0) is 40.2 Å². The molecule has 0 bridgehead atoms. The molecule has 0 aromatic heterocycles. The van der Waals surface area contributed by atoms with E-state index in [2.05, 4.69) is 6.92 Å². The van der Waals surface area contributed by atoms with Gasteiger partial charge in [0.05, 0.1) is 0 Å². The van der Waals surface area contributed by atoms with Crippen LogP contribution in [0.15, 0.2) is 0 Å². The van der Waals surface area contributed by atoms with E-state index >= 15 is 0 Å². The SMILES string of the molecule is OCCCO.[CH2-]CC[NH-].[Ir].[Ir]. The molecule has 0 atom stereocenters. The van der Waals surface area contributed by atoms with Crippen LogP contribution < -0.4 is 0 Å². The summed E-state index contributed by atoms with van der Waals surface area (Å²) in [4.78, 5) is 0. The van der Waals surface area contributed by atoms with Crippen molar-refractivity contribution in [3.8, 4) is 0 Å². The third kappa shape index (κ3) is 53.9. The molecule has 76 valence electrons. The zero-order valence-electron chi connectivity index (χ0n) is 6.30. The second-order valence-corrected chi connectivity index (χ2v) is 1.40. The molecule has 0 saturated carbocycles. The Morgan fingerprint density at radius 2 is 1.36 bits per heavy atom. The van der Waals surface area contributed by atoms with Crippen molar-refractivity contribution in [1.82, 2.24) is 0 Å². The molecule has 3 nitrogen and oxygen atoms in total. The van der Waals surface area contributed by atoms with Crippen LogP contribution in [0.4, 0.5) is 0 Å². The van der Waals surface area contributed by atoms with Gasteiger partial charge in [0.2, 0.25) is 0 Å². The minimum Gasteiger partial charge on any atom is -0.679 e. The van der Waals surface area contributed by atoms with Crippen LogP contribution >= 0.6 is 0 Å². The van der Waals surface area contributed by atoms with Gasteiger partial charge in [0.1, 0.15) is 0 Å². The molecule has 0 fully saturated rings. The van der Waals surface area contributed by atoms with Crippen molar-refractivity contribution in [1.29, 1.82) is 0 Å². The fourth-order valence-corrected chi connectivity index (χ4v) is 0.0707. The first-order chi connectivity index (χ1) is 4.33. The molecule has 2 radical (unpaired) electrons. The maximum atomic E-state index is 7.91. The van der Waals surface area contributed by atoms with Gasteiger partial charge in [-0.15, -0.1) is 0 Å². The molecule has 0 spiro atoms. The van der Waals surface area contributed by atoms with E-state index in [1.807, 2.05) is 0 Å². The van der Waals surface area contributed by atoms with Crippen molar-refractivity contribution in [2.75, 3.05) is 19.8 Å². The van der Waals surface area contributed by atoms with Gasteiger partial charge >= 0.3 is 0 Å². The Balaban J connectivity index is -0.0000000383. The normalized spacial score (nSPS) is 6.55. The van der Waals surface area contributed by atoms with Gasteiger partial charge in [-0.25, -0.2) is 6.42 Å². The fourth-order valence-electron chi connectivity index (χ4n) is 0.0707. The number of hydrogen-bond donors (Lipinski definition) is 2. The molecule has 0 amide bonds. The van der Waals surface area contributed by atoms with E-state index in [0.29, 0.717) is 13.0 Å². The van der Waals surface area contributed by atoms with E-state index < -0.39 is 0 Å². The Bertz CT molecular complexity index is 37.8. The minimum absolute atomic E-state index is 0. The second-order valence-electron chi connectivity index (χ2n) is 1.40. The Labute approximate surface area is 95.5 Å². The smallest absolute Gasteiger partial charge is 0.0452 e. The van der Waals surface area contributed by atoms with Crippen molar-refractivity contribution in [3.05, 3.63) is 12.7 Å². The van der Waals surface area contributed by atoms with Crippen molar-refractivity contribution in [2.45, 2.75) is 12.8 Å². The van der Waals surface area contributed by atoms with E-state index in [1.54, 1.807) is 0 Å². The molecule has 11 heavy (non-hydrogen) atoms. The number of aliphatic hydroxyl groups is 2. The summed E-state index contributed by atoms with van der Waals surface area (Å²) in [5.74, 6) is 0. The Hall–Kier alpha value is 1.18. The average Bonchev–Trinajstić information content (AvgIpc) is 1.91. The number of rotatable bonds is 3. The first-order valence-electron chi connectivity index (χ1n) is 2.99. The number of nitrogens with one attached hydrogen (secondary N) is 1. The van der Waals surface area contributed by atoms with Crippen LogP contribution in [0.25, 0.3) is 5.73 Å². The quantitative estimate of drug-likeness (QED) is 0.540. The minimum atomic E-state index is 0. The molecule has 3 N–H and O–H groups in total. The summed E-state index contributed by atoms with van der Waals surface area (Å²) in [6.07, 6.45) is 1.24. The molecule has 0 aromatic rings. The Morgan fingerprint density at radius 1 is 1.09 bits per heavy atom. The second kappa shape index (κ2) is 30.3. The largest absolute Gasteiger partial charge is 0.679 e. The molecule has 5 heteroatoms. The summed E-state index contributed by atoms with van der Waals surface area (Å²) in [5, 5.41) is 15.8. The number of aliphatic hydroxyl groups excluding tert-OH is 2. The zero-order chi connectivity index (χ0) is 7.54. The van der Waals surface area contributed by atoms with Gasteiger partial charge < -0.3 is 22.9 Å². The number of hydrogen-bond acceptors (Lipinski definition) is 2. The topological polar surface area (TPSA) is 64.3 Å². The molecular formula is C6H15Ir2NO2-2. The summed E-state index contributed by atoms with van der Waals surface area (Å²) in [5.41, 5.74) is 6.39. The standard InChI is InChI=1S/C3H7N.C3H8O2.2Ir/c1-2-3-4;4-2-1-3-5;;/h4H,1-3H2;4-5H,1-3H2;;/q-2;;;. The Morgan fingerprint density at radius 3 is 1.36 bits per heavy atom.